The average Bonchev–Trinajstić information content (AvgIpc) is 3.73. The van der Waals surface area contributed by atoms with Gasteiger partial charge in [-0.15, -0.1) is 0 Å². The molecule has 1 aromatic heterocycles. The van der Waals surface area contributed by atoms with E-state index in [4.69, 9.17) is 0 Å². The third-order valence-electron chi connectivity index (χ3n) is 13.9. The summed E-state index contributed by atoms with van der Waals surface area (Å²) >= 11 is 0. The highest BCUT2D eigenvalue weighted by atomic mass is 31.2. The van der Waals surface area contributed by atoms with Crippen molar-refractivity contribution in [1.82, 2.24) is 4.57 Å². The molecule has 0 saturated carbocycles. The number of benzene rings is 10. The molecule has 0 radical (unpaired) electrons. The molecule has 306 valence electrons. The molecule has 11 aromatic rings. The molecule has 13 rings (SSSR count). The highest BCUT2D eigenvalue weighted by Crippen LogP contribution is 2.61. The second kappa shape index (κ2) is 14.5. The first-order chi connectivity index (χ1) is 32.2. The molecule has 2 atom stereocenters. The first-order valence-corrected chi connectivity index (χ1v) is 24.0. The normalized spacial score (nSPS) is 16.8. The van der Waals surface area contributed by atoms with Crippen LogP contribution in [0, 0.1) is 0 Å². The number of fused-ring (bicyclic) bond motifs is 11. The van der Waals surface area contributed by atoms with E-state index in [1.807, 2.05) is 18.2 Å². The first kappa shape index (κ1) is 37.6. The summed E-state index contributed by atoms with van der Waals surface area (Å²) in [7, 11) is -3.54. The quantitative estimate of drug-likeness (QED) is 0.156. The molecule has 2 unspecified atom stereocenters. The van der Waals surface area contributed by atoms with Gasteiger partial charge in [0.15, 0.2) is 7.14 Å². The number of anilines is 3. The maximum absolute atomic E-state index is 17.2. The highest BCUT2D eigenvalue weighted by Gasteiger charge is 2.54. The maximum Gasteiger partial charge on any atom is 0.171 e. The van der Waals surface area contributed by atoms with Crippen molar-refractivity contribution in [2.24, 2.45) is 0 Å². The molecular formula is C61H41N2OP. The van der Waals surface area contributed by atoms with E-state index in [9.17, 15) is 0 Å². The number of rotatable bonds is 6. The van der Waals surface area contributed by atoms with Gasteiger partial charge in [0.2, 0.25) is 0 Å². The van der Waals surface area contributed by atoms with Gasteiger partial charge in [-0.1, -0.05) is 206 Å². The maximum atomic E-state index is 17.2. The van der Waals surface area contributed by atoms with Crippen LogP contribution in [0.25, 0.3) is 49.7 Å². The summed E-state index contributed by atoms with van der Waals surface area (Å²) in [6.07, 6.45) is 0. The molecule has 2 aliphatic rings. The number of nitrogens with zero attached hydrogens (tertiary/aromatic N) is 2. The smallest absolute Gasteiger partial charge is 0.171 e. The van der Waals surface area contributed by atoms with E-state index in [0.717, 1.165) is 66.5 Å². The minimum atomic E-state index is -3.54. The Bertz CT molecular complexity index is 3690. The zero-order valence-corrected chi connectivity index (χ0v) is 36.3. The van der Waals surface area contributed by atoms with Crippen molar-refractivity contribution in [1.29, 1.82) is 0 Å². The largest absolute Gasteiger partial charge is 0.310 e. The summed E-state index contributed by atoms with van der Waals surface area (Å²) < 4.78 is 19.6. The minimum absolute atomic E-state index is 0.794. The second-order valence-electron chi connectivity index (χ2n) is 17.1. The molecular weight excluding hydrogens is 808 g/mol. The Morgan fingerprint density at radius 1 is 0.400 bits per heavy atom. The number of para-hydroxylation sites is 4. The predicted molar refractivity (Wildman–Crippen MR) is 271 cm³/mol. The van der Waals surface area contributed by atoms with Gasteiger partial charge in [-0.25, -0.2) is 0 Å². The van der Waals surface area contributed by atoms with Gasteiger partial charge in [0.05, 0.1) is 27.8 Å². The van der Waals surface area contributed by atoms with E-state index < -0.39 is 12.6 Å². The molecule has 4 heteroatoms. The Hall–Kier alpha value is -7.97. The van der Waals surface area contributed by atoms with Crippen molar-refractivity contribution in [3.63, 3.8) is 0 Å². The summed E-state index contributed by atoms with van der Waals surface area (Å²) in [6.45, 7) is 0. The van der Waals surface area contributed by atoms with Gasteiger partial charge < -0.3 is 14.0 Å². The third kappa shape index (κ3) is 5.34. The van der Waals surface area contributed by atoms with Gasteiger partial charge >= 0.3 is 0 Å². The average molecular weight is 849 g/mol. The van der Waals surface area contributed by atoms with Crippen LogP contribution >= 0.6 is 7.14 Å². The molecule has 0 bridgehead atoms. The molecule has 10 aromatic carbocycles. The van der Waals surface area contributed by atoms with Crippen LogP contribution in [0.1, 0.15) is 22.3 Å². The van der Waals surface area contributed by atoms with Gasteiger partial charge in [0.25, 0.3) is 0 Å². The van der Waals surface area contributed by atoms with Crippen LogP contribution in [0.5, 0.6) is 0 Å². The number of aromatic nitrogens is 1. The Labute approximate surface area is 378 Å². The van der Waals surface area contributed by atoms with Crippen LogP contribution in [0.2, 0.25) is 0 Å². The fourth-order valence-electron chi connectivity index (χ4n) is 11.2. The molecule has 0 N–H and O–H groups in total. The lowest BCUT2D eigenvalue weighted by molar-refractivity contribution is 0.590. The summed E-state index contributed by atoms with van der Waals surface area (Å²) in [4.78, 5) is 2.35. The van der Waals surface area contributed by atoms with Gasteiger partial charge in [-0.2, -0.15) is 0 Å². The standard InChI is InChI=1S/C61H41N2OP/c64-65(47-23-8-3-9-24-47)58-34-17-13-29-52(58)61(51-28-12-16-33-57(51)63-56-32-15-11-26-49(56)50-27-18-30-54(61)60(50)63)53-40-39-46(41-59(53)65)62(45-37-35-43(36-38-45)42-19-4-1-5-20-42)55-31-14-10-25-48(55)44-21-6-2-7-22-44/h1-41H. The highest BCUT2D eigenvalue weighted by molar-refractivity contribution is 7.85. The van der Waals surface area contributed by atoms with Crippen LogP contribution in [0.15, 0.2) is 249 Å². The Balaban J connectivity index is 1.14. The lowest BCUT2D eigenvalue weighted by Gasteiger charge is -2.47. The van der Waals surface area contributed by atoms with Crippen molar-refractivity contribution in [2.45, 2.75) is 5.41 Å². The van der Waals surface area contributed by atoms with E-state index in [2.05, 4.69) is 240 Å². The van der Waals surface area contributed by atoms with Gasteiger partial charge in [-0.3, -0.25) is 0 Å². The molecule has 0 saturated heterocycles. The summed E-state index contributed by atoms with van der Waals surface area (Å²) in [5, 5.41) is 4.97. The van der Waals surface area contributed by atoms with E-state index in [1.54, 1.807) is 0 Å². The van der Waals surface area contributed by atoms with E-state index in [-0.39, 0.29) is 0 Å². The Kier molecular flexibility index (Phi) is 8.40. The third-order valence-corrected chi connectivity index (χ3v) is 17.0. The van der Waals surface area contributed by atoms with Crippen molar-refractivity contribution in [3.8, 4) is 27.9 Å². The fraction of sp³-hybridized carbons (Fsp3) is 0.0164. The predicted octanol–water partition coefficient (Wildman–Crippen LogP) is 14.2. The molecule has 1 spiro atoms. The van der Waals surface area contributed by atoms with Crippen LogP contribution in [-0.4, -0.2) is 4.57 Å². The topological polar surface area (TPSA) is 25.2 Å². The lowest BCUT2D eigenvalue weighted by atomic mass is 9.62. The van der Waals surface area contributed by atoms with Crippen LogP contribution in [0.3, 0.4) is 0 Å². The van der Waals surface area contributed by atoms with Crippen LogP contribution < -0.4 is 20.8 Å². The number of hydrogen-bond acceptors (Lipinski definition) is 2. The van der Waals surface area contributed by atoms with Crippen LogP contribution in [-0.2, 0) is 9.98 Å². The molecule has 2 aliphatic heterocycles. The molecule has 0 aliphatic carbocycles. The monoisotopic (exact) mass is 848 g/mol. The summed E-state index contributed by atoms with van der Waals surface area (Å²) in [6, 6.07) is 88.6. The van der Waals surface area contributed by atoms with Crippen LogP contribution in [0.4, 0.5) is 17.1 Å². The first-order valence-electron chi connectivity index (χ1n) is 22.3. The second-order valence-corrected chi connectivity index (χ2v) is 19.8. The van der Waals surface area contributed by atoms with Crippen molar-refractivity contribution >= 4 is 61.9 Å². The van der Waals surface area contributed by atoms with E-state index >= 15 is 4.57 Å². The molecule has 3 nitrogen and oxygen atoms in total. The molecule has 0 fully saturated rings. The Morgan fingerprint density at radius 2 is 0.969 bits per heavy atom. The molecule has 3 heterocycles. The van der Waals surface area contributed by atoms with E-state index in [1.165, 1.54) is 38.5 Å². The van der Waals surface area contributed by atoms with E-state index in [0.29, 0.717) is 0 Å². The van der Waals surface area contributed by atoms with Gasteiger partial charge in [0, 0.05) is 43.6 Å². The number of hydrogen-bond donors (Lipinski definition) is 0. The van der Waals surface area contributed by atoms with Crippen molar-refractivity contribution in [3.05, 3.63) is 271 Å². The van der Waals surface area contributed by atoms with Gasteiger partial charge in [0.1, 0.15) is 0 Å². The SMILES string of the molecule is O=P1(c2ccccc2)c2ccccc2C2(c3ccccc3-n3c4ccccc4c4cccc2c43)c2ccc(N(c3ccc(-c4ccccc4)cc3)c3ccccc3-c3ccccc3)cc21. The van der Waals surface area contributed by atoms with Gasteiger partial charge in [-0.05, 0) is 81.4 Å². The Morgan fingerprint density at radius 3 is 1.77 bits per heavy atom. The minimum Gasteiger partial charge on any atom is -0.310 e. The van der Waals surface area contributed by atoms with Crippen molar-refractivity contribution < 1.29 is 4.57 Å². The zero-order valence-electron chi connectivity index (χ0n) is 35.4. The summed E-state index contributed by atoms with van der Waals surface area (Å²) in [5.74, 6) is 0. The summed E-state index contributed by atoms with van der Waals surface area (Å²) in [5.41, 5.74) is 14.7. The fourth-order valence-corrected chi connectivity index (χ4v) is 14.3. The van der Waals surface area contributed by atoms with Crippen molar-refractivity contribution in [2.75, 3.05) is 4.90 Å². The molecule has 0 amide bonds. The molecule has 65 heavy (non-hydrogen) atoms. The lowest BCUT2D eigenvalue weighted by Crippen LogP contribution is -2.48. The zero-order chi connectivity index (χ0) is 43.1.